The van der Waals surface area contributed by atoms with Crippen LogP contribution >= 0.6 is 39.1 Å². The van der Waals surface area contributed by atoms with Crippen molar-refractivity contribution >= 4 is 44.8 Å². The van der Waals surface area contributed by atoms with Crippen LogP contribution in [0.2, 0.25) is 10.0 Å². The lowest BCUT2D eigenvalue weighted by molar-refractivity contribution is 0.313. The molecule has 3 aromatic carbocycles. The summed E-state index contributed by atoms with van der Waals surface area (Å²) in [5.74, 6) is 0.604. The van der Waals surface area contributed by atoms with Gasteiger partial charge in [-0.3, -0.25) is 10.3 Å². The van der Waals surface area contributed by atoms with Gasteiger partial charge in [0.25, 0.3) is 0 Å². The minimum atomic E-state index is -0.396. The van der Waals surface area contributed by atoms with Crippen molar-refractivity contribution in [1.82, 2.24) is 5.32 Å². The summed E-state index contributed by atoms with van der Waals surface area (Å²) < 4.78 is 6.57. The third-order valence-electron chi connectivity index (χ3n) is 5.16. The number of phenolic OH excluding ortho intramolecular Hbond substituents is 1. The van der Waals surface area contributed by atoms with Crippen LogP contribution in [0.3, 0.4) is 0 Å². The molecule has 0 bridgehead atoms. The summed E-state index contributed by atoms with van der Waals surface area (Å²) in [6, 6.07) is 18.8. The molecule has 0 amide bonds. The SMILES string of the molecule is CCOc1cccc(C2CC(c3cccc(Br)c3)=NC(c3ccc(Cl)cc3Cl)N2)c1O. The van der Waals surface area contributed by atoms with E-state index in [0.29, 0.717) is 28.8 Å². The molecule has 0 radical (unpaired) electrons. The maximum absolute atomic E-state index is 10.9. The molecule has 3 aromatic rings. The van der Waals surface area contributed by atoms with Crippen molar-refractivity contribution in [3.8, 4) is 11.5 Å². The number of nitrogens with one attached hydrogen (secondary N) is 1. The highest BCUT2D eigenvalue weighted by molar-refractivity contribution is 9.10. The number of halogens is 3. The van der Waals surface area contributed by atoms with Crippen molar-refractivity contribution in [2.24, 2.45) is 4.99 Å². The highest BCUT2D eigenvalue weighted by atomic mass is 79.9. The molecular weight excluding hydrogens is 499 g/mol. The van der Waals surface area contributed by atoms with Gasteiger partial charge in [0.15, 0.2) is 11.5 Å². The maximum Gasteiger partial charge on any atom is 0.162 e. The normalized spacial score (nSPS) is 18.5. The summed E-state index contributed by atoms with van der Waals surface area (Å²) in [6.07, 6.45) is 0.203. The summed E-state index contributed by atoms with van der Waals surface area (Å²) in [4.78, 5) is 4.96. The number of aromatic hydroxyl groups is 1. The maximum atomic E-state index is 10.9. The van der Waals surface area contributed by atoms with Crippen molar-refractivity contribution in [2.45, 2.75) is 25.6 Å². The van der Waals surface area contributed by atoms with Crippen LogP contribution in [0.5, 0.6) is 11.5 Å². The average Bonchev–Trinajstić information content (AvgIpc) is 2.75. The van der Waals surface area contributed by atoms with Gasteiger partial charge >= 0.3 is 0 Å². The van der Waals surface area contributed by atoms with E-state index in [1.165, 1.54) is 0 Å². The van der Waals surface area contributed by atoms with Gasteiger partial charge in [-0.05, 0) is 42.8 Å². The Bertz CT molecular complexity index is 1140. The van der Waals surface area contributed by atoms with Gasteiger partial charge in [-0.2, -0.15) is 0 Å². The van der Waals surface area contributed by atoms with Gasteiger partial charge in [-0.15, -0.1) is 0 Å². The lowest BCUT2D eigenvalue weighted by Crippen LogP contribution is -2.33. The number of para-hydroxylation sites is 1. The molecule has 4 nitrogen and oxygen atoms in total. The fraction of sp³-hybridized carbons (Fsp3) is 0.208. The number of benzene rings is 3. The second-order valence-electron chi connectivity index (χ2n) is 7.20. The predicted molar refractivity (Wildman–Crippen MR) is 130 cm³/mol. The van der Waals surface area contributed by atoms with E-state index in [9.17, 15) is 5.11 Å². The van der Waals surface area contributed by atoms with Gasteiger partial charge in [-0.1, -0.05) is 69.5 Å². The molecule has 31 heavy (non-hydrogen) atoms. The molecule has 0 fully saturated rings. The summed E-state index contributed by atoms with van der Waals surface area (Å²) >= 11 is 16.1. The quantitative estimate of drug-likeness (QED) is 0.378. The first-order valence-electron chi connectivity index (χ1n) is 9.94. The molecule has 2 N–H and O–H groups in total. The van der Waals surface area contributed by atoms with Crippen LogP contribution < -0.4 is 10.1 Å². The van der Waals surface area contributed by atoms with Crippen LogP contribution in [-0.2, 0) is 0 Å². The number of ether oxygens (including phenoxy) is 1. The number of hydrogen-bond donors (Lipinski definition) is 2. The Morgan fingerprint density at radius 1 is 1.10 bits per heavy atom. The van der Waals surface area contributed by atoms with Gasteiger partial charge in [-0.25, -0.2) is 0 Å². The summed E-state index contributed by atoms with van der Waals surface area (Å²) in [5.41, 5.74) is 3.51. The zero-order chi connectivity index (χ0) is 22.0. The molecule has 2 atom stereocenters. The van der Waals surface area contributed by atoms with Crippen LogP contribution in [-0.4, -0.2) is 17.4 Å². The minimum Gasteiger partial charge on any atom is -0.504 e. The van der Waals surface area contributed by atoms with Crippen molar-refractivity contribution < 1.29 is 9.84 Å². The van der Waals surface area contributed by atoms with E-state index in [-0.39, 0.29) is 11.8 Å². The molecular formula is C24H21BrCl2N2O2. The van der Waals surface area contributed by atoms with Crippen LogP contribution in [0.25, 0.3) is 0 Å². The average molecular weight is 520 g/mol. The van der Waals surface area contributed by atoms with Crippen molar-refractivity contribution in [3.05, 3.63) is 91.9 Å². The number of aliphatic imine (C=N–C) groups is 1. The van der Waals surface area contributed by atoms with Gasteiger partial charge < -0.3 is 9.84 Å². The van der Waals surface area contributed by atoms with Crippen molar-refractivity contribution in [1.29, 1.82) is 0 Å². The molecule has 0 saturated heterocycles. The van der Waals surface area contributed by atoms with E-state index < -0.39 is 6.17 Å². The topological polar surface area (TPSA) is 53.8 Å². The molecule has 160 valence electrons. The number of nitrogens with zero attached hydrogens (tertiary/aromatic N) is 1. The monoisotopic (exact) mass is 518 g/mol. The Labute approximate surface area is 200 Å². The molecule has 1 aliphatic heterocycles. The molecule has 0 saturated carbocycles. The third kappa shape index (κ3) is 4.90. The Morgan fingerprint density at radius 2 is 1.90 bits per heavy atom. The third-order valence-corrected chi connectivity index (χ3v) is 6.22. The second kappa shape index (κ2) is 9.61. The van der Waals surface area contributed by atoms with E-state index in [1.54, 1.807) is 18.2 Å². The van der Waals surface area contributed by atoms with E-state index in [1.807, 2.05) is 49.4 Å². The Balaban J connectivity index is 1.79. The van der Waals surface area contributed by atoms with Crippen molar-refractivity contribution in [2.75, 3.05) is 6.61 Å². The van der Waals surface area contributed by atoms with Crippen LogP contribution in [0, 0.1) is 0 Å². The minimum absolute atomic E-state index is 0.137. The smallest absolute Gasteiger partial charge is 0.162 e. The fourth-order valence-electron chi connectivity index (χ4n) is 3.72. The number of rotatable bonds is 5. The van der Waals surface area contributed by atoms with E-state index in [4.69, 9.17) is 32.9 Å². The highest BCUT2D eigenvalue weighted by Crippen LogP contribution is 2.40. The molecule has 7 heteroatoms. The largest absolute Gasteiger partial charge is 0.504 e. The summed E-state index contributed by atoms with van der Waals surface area (Å²) in [7, 11) is 0. The Morgan fingerprint density at radius 3 is 2.65 bits per heavy atom. The highest BCUT2D eigenvalue weighted by Gasteiger charge is 2.29. The van der Waals surface area contributed by atoms with Crippen LogP contribution in [0.15, 0.2) is 70.1 Å². The van der Waals surface area contributed by atoms with E-state index in [0.717, 1.165) is 26.9 Å². The molecule has 1 aliphatic rings. The zero-order valence-corrected chi connectivity index (χ0v) is 19.9. The molecule has 1 heterocycles. The number of hydrogen-bond acceptors (Lipinski definition) is 4. The zero-order valence-electron chi connectivity index (χ0n) is 16.8. The first kappa shape index (κ1) is 22.2. The first-order valence-corrected chi connectivity index (χ1v) is 11.5. The lowest BCUT2D eigenvalue weighted by Gasteiger charge is -2.31. The first-order chi connectivity index (χ1) is 15.0. The Kier molecular flexibility index (Phi) is 6.87. The van der Waals surface area contributed by atoms with Crippen LogP contribution in [0.1, 0.15) is 42.2 Å². The Hall–Kier alpha value is -2.05. The second-order valence-corrected chi connectivity index (χ2v) is 8.96. The van der Waals surface area contributed by atoms with Gasteiger partial charge in [0, 0.05) is 43.8 Å². The molecule has 2 unspecified atom stereocenters. The molecule has 4 rings (SSSR count). The molecule has 0 aliphatic carbocycles. The molecule has 0 aromatic heterocycles. The predicted octanol–water partition coefficient (Wildman–Crippen LogP) is 7.08. The lowest BCUT2D eigenvalue weighted by atomic mass is 9.93. The standard InChI is InChI=1S/C24H21BrCl2N2O2/c1-2-31-22-8-4-7-18(23(22)30)21-13-20(14-5-3-6-15(25)11-14)28-24(29-21)17-10-9-16(26)12-19(17)27/h3-12,21,24,29-30H,2,13H2,1H3. The summed E-state index contributed by atoms with van der Waals surface area (Å²) in [6.45, 7) is 2.37. The fourth-order valence-corrected chi connectivity index (χ4v) is 4.63. The molecule has 0 spiro atoms. The van der Waals surface area contributed by atoms with Crippen molar-refractivity contribution in [3.63, 3.8) is 0 Å². The van der Waals surface area contributed by atoms with E-state index in [2.05, 4.69) is 21.2 Å². The van der Waals surface area contributed by atoms with E-state index >= 15 is 0 Å². The summed E-state index contributed by atoms with van der Waals surface area (Å²) in [5, 5.41) is 15.5. The number of phenols is 1. The van der Waals surface area contributed by atoms with Gasteiger partial charge in [0.1, 0.15) is 6.17 Å². The van der Waals surface area contributed by atoms with Gasteiger partial charge in [0.05, 0.1) is 6.61 Å². The van der Waals surface area contributed by atoms with Gasteiger partial charge in [0.2, 0.25) is 0 Å². The van der Waals surface area contributed by atoms with Crippen LogP contribution in [0.4, 0.5) is 0 Å².